The fourth-order valence-electron chi connectivity index (χ4n) is 3.39. The molecule has 0 bridgehead atoms. The van der Waals surface area contributed by atoms with Gasteiger partial charge in [0.05, 0.1) is 55.1 Å². The lowest BCUT2D eigenvalue weighted by Gasteiger charge is -2.12. The molecule has 0 unspecified atom stereocenters. The molecule has 12 heteroatoms. The molecule has 0 aliphatic heterocycles. The van der Waals surface area contributed by atoms with Crippen LogP contribution in [0.15, 0.2) is 34.5 Å². The lowest BCUT2D eigenvalue weighted by Crippen LogP contribution is -2.19. The lowest BCUT2D eigenvalue weighted by molar-refractivity contribution is -0.123. The molecule has 0 fully saturated rings. The molecule has 12 nitrogen and oxygen atoms in total. The number of nitrogens with zero attached hydrogens (tertiary/aromatic N) is 2. The molecule has 0 aliphatic rings. The second-order valence-electron chi connectivity index (χ2n) is 7.71. The van der Waals surface area contributed by atoms with E-state index in [2.05, 4.69) is 21.1 Å². The van der Waals surface area contributed by atoms with Gasteiger partial charge in [-0.25, -0.2) is 10.9 Å². The average molecular weight is 531 g/mol. The van der Waals surface area contributed by atoms with Gasteiger partial charge in [-0.15, -0.1) is 0 Å². The summed E-state index contributed by atoms with van der Waals surface area (Å²) < 4.78 is 31.7. The predicted octanol–water partition coefficient (Wildman–Crippen LogP) is 2.90. The summed E-state index contributed by atoms with van der Waals surface area (Å²) >= 11 is 0. The Balaban J connectivity index is 1.76. The number of rotatable bonds is 15. The first-order valence-corrected chi connectivity index (χ1v) is 11.6. The van der Waals surface area contributed by atoms with Crippen molar-refractivity contribution in [3.05, 3.63) is 35.4 Å². The number of hydrogen-bond acceptors (Lipinski definition) is 10. The van der Waals surface area contributed by atoms with E-state index in [-0.39, 0.29) is 24.7 Å². The topological polar surface area (TPSA) is 138 Å². The Kier molecular flexibility index (Phi) is 12.2. The number of ether oxygens (including phenoxy) is 6. The molecule has 2 rings (SSSR count). The number of amides is 2. The second kappa shape index (κ2) is 15.6. The van der Waals surface area contributed by atoms with E-state index >= 15 is 0 Å². The van der Waals surface area contributed by atoms with Crippen LogP contribution in [0.2, 0.25) is 0 Å². The molecule has 2 aromatic rings. The number of methoxy groups -OCH3 is 6. The largest absolute Gasteiger partial charge is 0.493 e. The maximum atomic E-state index is 12.1. The Morgan fingerprint density at radius 1 is 0.605 bits per heavy atom. The zero-order valence-corrected chi connectivity index (χ0v) is 22.5. The van der Waals surface area contributed by atoms with Crippen molar-refractivity contribution in [2.24, 2.45) is 10.2 Å². The van der Waals surface area contributed by atoms with Crippen LogP contribution in [0.1, 0.15) is 36.8 Å². The minimum atomic E-state index is -0.269. The van der Waals surface area contributed by atoms with Crippen LogP contribution in [-0.4, -0.2) is 66.9 Å². The van der Waals surface area contributed by atoms with Gasteiger partial charge in [0.25, 0.3) is 0 Å². The summed E-state index contributed by atoms with van der Waals surface area (Å²) in [5, 5.41) is 7.93. The average Bonchev–Trinajstić information content (AvgIpc) is 2.93. The summed E-state index contributed by atoms with van der Waals surface area (Å²) in [6, 6.07) is 6.83. The number of benzene rings is 2. The predicted molar refractivity (Wildman–Crippen MR) is 142 cm³/mol. The van der Waals surface area contributed by atoms with Gasteiger partial charge in [-0.2, -0.15) is 10.2 Å². The normalized spacial score (nSPS) is 10.8. The number of nitrogens with one attached hydrogen (secondary N) is 2. The first kappa shape index (κ1) is 29.7. The molecule has 2 amide bonds. The summed E-state index contributed by atoms with van der Waals surface area (Å²) in [5.74, 6) is 2.30. The molecule has 2 N–H and O–H groups in total. The van der Waals surface area contributed by atoms with Crippen molar-refractivity contribution in [2.75, 3.05) is 42.7 Å². The Morgan fingerprint density at radius 2 is 0.921 bits per heavy atom. The van der Waals surface area contributed by atoms with Gasteiger partial charge in [-0.05, 0) is 37.1 Å². The first-order valence-electron chi connectivity index (χ1n) is 11.6. The Hall–Kier alpha value is -4.48. The summed E-state index contributed by atoms with van der Waals surface area (Å²) in [6.45, 7) is 0. The lowest BCUT2D eigenvalue weighted by atomic mass is 10.2. The third-order valence-electron chi connectivity index (χ3n) is 5.24. The quantitative estimate of drug-likeness (QED) is 0.204. The van der Waals surface area contributed by atoms with E-state index in [1.807, 2.05) is 0 Å². The van der Waals surface area contributed by atoms with Crippen molar-refractivity contribution in [1.82, 2.24) is 10.9 Å². The summed E-state index contributed by atoms with van der Waals surface area (Å²) in [5.41, 5.74) is 6.24. The van der Waals surface area contributed by atoms with Crippen LogP contribution in [0.25, 0.3) is 0 Å². The van der Waals surface area contributed by atoms with Gasteiger partial charge in [0.15, 0.2) is 23.0 Å². The molecule has 0 atom stereocenters. The van der Waals surface area contributed by atoms with Gasteiger partial charge in [-0.3, -0.25) is 9.59 Å². The number of carbonyl (C=O) groups excluding carboxylic acids is 2. The van der Waals surface area contributed by atoms with E-state index in [0.29, 0.717) is 58.5 Å². The Labute approximate surface area is 221 Å². The molecule has 206 valence electrons. The van der Waals surface area contributed by atoms with Crippen molar-refractivity contribution >= 4 is 24.2 Å². The molecular weight excluding hydrogens is 496 g/mol. The van der Waals surface area contributed by atoms with Gasteiger partial charge in [-0.1, -0.05) is 0 Å². The Bertz CT molecular complexity index is 1010. The van der Waals surface area contributed by atoms with Crippen molar-refractivity contribution in [3.8, 4) is 34.5 Å². The third kappa shape index (κ3) is 8.57. The second-order valence-corrected chi connectivity index (χ2v) is 7.71. The third-order valence-corrected chi connectivity index (χ3v) is 5.24. The molecule has 0 saturated carbocycles. The zero-order valence-electron chi connectivity index (χ0n) is 22.5. The minimum absolute atomic E-state index is 0.217. The van der Waals surface area contributed by atoms with Crippen LogP contribution in [0.5, 0.6) is 34.5 Å². The molecule has 2 aromatic carbocycles. The van der Waals surface area contributed by atoms with E-state index in [9.17, 15) is 9.59 Å². The standard InChI is InChI=1S/C26H34N4O8/c1-33-19-11-17(12-20(34-2)25(19)37-5)15-27-29-23(31)9-7-8-10-24(32)30-28-16-18-13-21(35-3)26(38-6)22(14-18)36-4/h11-16H,7-10H2,1-6H3,(H,29,31)(H,30,32)/b27-15-,28-16+. The smallest absolute Gasteiger partial charge is 0.240 e. The fraction of sp³-hybridized carbons (Fsp3) is 0.385. The van der Waals surface area contributed by atoms with Gasteiger partial charge in [0.2, 0.25) is 23.3 Å². The van der Waals surface area contributed by atoms with Gasteiger partial charge >= 0.3 is 0 Å². The maximum absolute atomic E-state index is 12.1. The highest BCUT2D eigenvalue weighted by atomic mass is 16.5. The van der Waals surface area contributed by atoms with E-state index in [1.54, 1.807) is 24.3 Å². The van der Waals surface area contributed by atoms with Crippen molar-refractivity contribution in [2.45, 2.75) is 25.7 Å². The van der Waals surface area contributed by atoms with E-state index in [1.165, 1.54) is 55.1 Å². The van der Waals surface area contributed by atoms with Crippen LogP contribution in [0.4, 0.5) is 0 Å². The molecule has 0 saturated heterocycles. The van der Waals surface area contributed by atoms with Gasteiger partial charge < -0.3 is 28.4 Å². The van der Waals surface area contributed by atoms with Crippen LogP contribution in [-0.2, 0) is 9.59 Å². The minimum Gasteiger partial charge on any atom is -0.493 e. The molecular formula is C26H34N4O8. The highest BCUT2D eigenvalue weighted by Crippen LogP contribution is 2.38. The van der Waals surface area contributed by atoms with E-state index in [4.69, 9.17) is 28.4 Å². The van der Waals surface area contributed by atoms with Crippen LogP contribution in [0.3, 0.4) is 0 Å². The molecule has 0 radical (unpaired) electrons. The summed E-state index contributed by atoms with van der Waals surface area (Å²) in [7, 11) is 9.10. The van der Waals surface area contributed by atoms with Crippen LogP contribution in [0, 0.1) is 0 Å². The number of carbonyl (C=O) groups is 2. The van der Waals surface area contributed by atoms with Crippen molar-refractivity contribution < 1.29 is 38.0 Å². The fourth-order valence-corrected chi connectivity index (χ4v) is 3.39. The highest BCUT2D eigenvalue weighted by molar-refractivity contribution is 5.85. The van der Waals surface area contributed by atoms with Crippen molar-refractivity contribution in [3.63, 3.8) is 0 Å². The van der Waals surface area contributed by atoms with E-state index in [0.717, 1.165) is 0 Å². The molecule has 0 heterocycles. The monoisotopic (exact) mass is 530 g/mol. The van der Waals surface area contributed by atoms with Gasteiger partial charge in [0, 0.05) is 24.0 Å². The van der Waals surface area contributed by atoms with E-state index < -0.39 is 0 Å². The summed E-state index contributed by atoms with van der Waals surface area (Å²) in [6.07, 6.45) is 4.40. The number of hydrazone groups is 2. The molecule has 38 heavy (non-hydrogen) atoms. The van der Waals surface area contributed by atoms with Crippen LogP contribution < -0.4 is 39.3 Å². The van der Waals surface area contributed by atoms with Crippen molar-refractivity contribution in [1.29, 1.82) is 0 Å². The highest BCUT2D eigenvalue weighted by Gasteiger charge is 2.13. The maximum Gasteiger partial charge on any atom is 0.240 e. The SMILES string of the molecule is COc1cc(/C=N\NC(=O)CCCCC(=O)N/N=C/c2cc(OC)c(OC)c(OC)c2)cc(OC)c1OC. The van der Waals surface area contributed by atoms with Gasteiger partial charge in [0.1, 0.15) is 0 Å². The zero-order chi connectivity index (χ0) is 27.9. The Morgan fingerprint density at radius 3 is 1.18 bits per heavy atom. The van der Waals surface area contributed by atoms with Crippen LogP contribution >= 0.6 is 0 Å². The number of hydrogen-bond donors (Lipinski definition) is 2. The molecule has 0 aromatic heterocycles. The number of unbranched alkanes of at least 4 members (excludes halogenated alkanes) is 1. The molecule has 0 aliphatic carbocycles. The molecule has 0 spiro atoms. The first-order chi connectivity index (χ1) is 18.4. The summed E-state index contributed by atoms with van der Waals surface area (Å²) in [4.78, 5) is 24.1.